The third-order valence-electron chi connectivity index (χ3n) is 2.70. The Morgan fingerprint density at radius 3 is 2.72 bits per heavy atom. The zero-order chi connectivity index (χ0) is 12.8. The van der Waals surface area contributed by atoms with Gasteiger partial charge in [-0.15, -0.1) is 0 Å². The fourth-order valence-electron chi connectivity index (χ4n) is 1.85. The molecule has 94 valence electrons. The molecule has 2 heterocycles. The summed E-state index contributed by atoms with van der Waals surface area (Å²) in [6.07, 6.45) is 4.32. The monoisotopic (exact) mass is 261 g/mol. The molecular formula is C14H16ClN3. The van der Waals surface area contributed by atoms with Gasteiger partial charge in [-0.3, -0.25) is 9.97 Å². The summed E-state index contributed by atoms with van der Waals surface area (Å²) in [5, 5.41) is 4.08. The Balaban J connectivity index is 2.15. The highest BCUT2D eigenvalue weighted by Gasteiger charge is 2.12. The first-order chi connectivity index (χ1) is 8.79. The molecule has 3 nitrogen and oxygen atoms in total. The van der Waals surface area contributed by atoms with Gasteiger partial charge in [0.15, 0.2) is 0 Å². The van der Waals surface area contributed by atoms with Crippen LogP contribution in [0.1, 0.15) is 24.4 Å². The smallest absolute Gasteiger partial charge is 0.0589 e. The van der Waals surface area contributed by atoms with E-state index in [0.717, 1.165) is 24.4 Å². The van der Waals surface area contributed by atoms with Crippen molar-refractivity contribution >= 4 is 11.6 Å². The molecule has 0 aliphatic carbocycles. The van der Waals surface area contributed by atoms with Crippen LogP contribution in [0.15, 0.2) is 42.7 Å². The van der Waals surface area contributed by atoms with Crippen molar-refractivity contribution in [2.45, 2.75) is 19.4 Å². The first-order valence-corrected chi connectivity index (χ1v) is 6.42. The fraction of sp³-hybridized carbons (Fsp3) is 0.286. The number of hydrogen-bond donors (Lipinski definition) is 1. The molecule has 0 saturated heterocycles. The molecule has 0 aromatic carbocycles. The van der Waals surface area contributed by atoms with E-state index in [1.54, 1.807) is 6.20 Å². The molecule has 4 heteroatoms. The molecule has 0 aliphatic rings. The molecule has 0 bridgehead atoms. The maximum atomic E-state index is 5.86. The lowest BCUT2D eigenvalue weighted by molar-refractivity contribution is 0.531. The van der Waals surface area contributed by atoms with Crippen molar-refractivity contribution in [2.75, 3.05) is 6.54 Å². The molecule has 0 saturated carbocycles. The van der Waals surface area contributed by atoms with Gasteiger partial charge in [0.1, 0.15) is 0 Å². The lowest BCUT2D eigenvalue weighted by atomic mass is 10.1. The lowest BCUT2D eigenvalue weighted by Crippen LogP contribution is -2.24. The molecule has 0 spiro atoms. The first kappa shape index (κ1) is 13.0. The van der Waals surface area contributed by atoms with Crippen LogP contribution in [0.4, 0.5) is 0 Å². The van der Waals surface area contributed by atoms with Gasteiger partial charge in [0.2, 0.25) is 0 Å². The number of nitrogens with one attached hydrogen (secondary N) is 1. The van der Waals surface area contributed by atoms with Crippen molar-refractivity contribution in [2.24, 2.45) is 0 Å². The third-order valence-corrected chi connectivity index (χ3v) is 2.92. The number of rotatable bonds is 5. The summed E-state index contributed by atoms with van der Waals surface area (Å²) in [7, 11) is 0. The van der Waals surface area contributed by atoms with E-state index >= 15 is 0 Å². The van der Waals surface area contributed by atoms with Gasteiger partial charge in [0.05, 0.1) is 16.8 Å². The van der Waals surface area contributed by atoms with Gasteiger partial charge in [-0.25, -0.2) is 0 Å². The van der Waals surface area contributed by atoms with Crippen LogP contribution in [0.2, 0.25) is 5.02 Å². The molecular weight excluding hydrogens is 246 g/mol. The Morgan fingerprint density at radius 1 is 1.22 bits per heavy atom. The van der Waals surface area contributed by atoms with E-state index in [2.05, 4.69) is 22.2 Å². The van der Waals surface area contributed by atoms with Crippen LogP contribution < -0.4 is 5.32 Å². The maximum Gasteiger partial charge on any atom is 0.0589 e. The highest BCUT2D eigenvalue weighted by atomic mass is 35.5. The standard InChI is InChI=1S/C14H16ClN3/c1-2-16-14(9-12-5-3-4-8-17-12)13-7-6-11(15)10-18-13/h3-8,10,14,16H,2,9H2,1H3. The van der Waals surface area contributed by atoms with E-state index in [1.807, 2.05) is 36.5 Å². The Bertz CT molecular complexity index is 470. The van der Waals surface area contributed by atoms with Gasteiger partial charge >= 0.3 is 0 Å². The normalized spacial score (nSPS) is 12.3. The molecule has 0 amide bonds. The third kappa shape index (κ3) is 3.52. The summed E-state index contributed by atoms with van der Waals surface area (Å²) in [6.45, 7) is 2.98. The lowest BCUT2D eigenvalue weighted by Gasteiger charge is -2.16. The van der Waals surface area contributed by atoms with Gasteiger partial charge in [0, 0.05) is 24.5 Å². The van der Waals surface area contributed by atoms with Crippen LogP contribution >= 0.6 is 11.6 Å². The van der Waals surface area contributed by atoms with Crippen molar-refractivity contribution < 1.29 is 0 Å². The number of nitrogens with zero attached hydrogens (tertiary/aromatic N) is 2. The number of pyridine rings is 2. The molecule has 0 radical (unpaired) electrons. The van der Waals surface area contributed by atoms with Crippen molar-refractivity contribution in [1.29, 1.82) is 0 Å². The van der Waals surface area contributed by atoms with Crippen LogP contribution in [0.25, 0.3) is 0 Å². The molecule has 2 aromatic heterocycles. The molecule has 2 aromatic rings. The second kappa shape index (κ2) is 6.47. The van der Waals surface area contributed by atoms with Gasteiger partial charge in [-0.2, -0.15) is 0 Å². The number of hydrogen-bond acceptors (Lipinski definition) is 3. The SMILES string of the molecule is CCNC(Cc1ccccn1)c1ccc(Cl)cn1. The molecule has 18 heavy (non-hydrogen) atoms. The summed E-state index contributed by atoms with van der Waals surface area (Å²) >= 11 is 5.86. The Morgan fingerprint density at radius 2 is 2.11 bits per heavy atom. The number of likely N-dealkylation sites (N-methyl/N-ethyl adjacent to an activating group) is 1. The molecule has 1 unspecified atom stereocenters. The van der Waals surface area contributed by atoms with Crippen molar-refractivity contribution in [3.05, 3.63) is 59.1 Å². The molecule has 0 aliphatic heterocycles. The summed E-state index contributed by atoms with van der Waals surface area (Å²) < 4.78 is 0. The second-order valence-corrected chi connectivity index (χ2v) is 4.47. The highest BCUT2D eigenvalue weighted by molar-refractivity contribution is 6.30. The molecule has 1 atom stereocenters. The largest absolute Gasteiger partial charge is 0.309 e. The van der Waals surface area contributed by atoms with Gasteiger partial charge in [-0.05, 0) is 30.8 Å². The fourth-order valence-corrected chi connectivity index (χ4v) is 1.96. The molecule has 2 rings (SSSR count). The van der Waals surface area contributed by atoms with Crippen LogP contribution in [0, 0.1) is 0 Å². The number of halogens is 1. The van der Waals surface area contributed by atoms with Crippen LogP contribution in [-0.4, -0.2) is 16.5 Å². The average molecular weight is 262 g/mol. The highest BCUT2D eigenvalue weighted by Crippen LogP contribution is 2.17. The van der Waals surface area contributed by atoms with E-state index in [0.29, 0.717) is 5.02 Å². The summed E-state index contributed by atoms with van der Waals surface area (Å²) in [5.41, 5.74) is 2.05. The minimum Gasteiger partial charge on any atom is -0.309 e. The van der Waals surface area contributed by atoms with Gasteiger partial charge < -0.3 is 5.32 Å². The summed E-state index contributed by atoms with van der Waals surface area (Å²) in [5.74, 6) is 0. The van der Waals surface area contributed by atoms with E-state index in [9.17, 15) is 0 Å². The quantitative estimate of drug-likeness (QED) is 0.899. The first-order valence-electron chi connectivity index (χ1n) is 6.04. The minimum atomic E-state index is 0.169. The number of aromatic nitrogens is 2. The molecule has 1 N–H and O–H groups in total. The minimum absolute atomic E-state index is 0.169. The molecule has 0 fully saturated rings. The van der Waals surface area contributed by atoms with Crippen molar-refractivity contribution in [1.82, 2.24) is 15.3 Å². The van der Waals surface area contributed by atoms with Crippen LogP contribution in [0.3, 0.4) is 0 Å². The second-order valence-electron chi connectivity index (χ2n) is 4.04. The van der Waals surface area contributed by atoms with E-state index in [1.165, 1.54) is 0 Å². The van der Waals surface area contributed by atoms with E-state index in [-0.39, 0.29) is 6.04 Å². The maximum absolute atomic E-state index is 5.86. The van der Waals surface area contributed by atoms with Crippen LogP contribution in [0.5, 0.6) is 0 Å². The van der Waals surface area contributed by atoms with Crippen molar-refractivity contribution in [3.63, 3.8) is 0 Å². The predicted molar refractivity (Wildman–Crippen MR) is 73.6 cm³/mol. The Kier molecular flexibility index (Phi) is 4.67. The Labute approximate surface area is 112 Å². The van der Waals surface area contributed by atoms with E-state index < -0.39 is 0 Å². The van der Waals surface area contributed by atoms with Crippen molar-refractivity contribution in [3.8, 4) is 0 Å². The zero-order valence-corrected chi connectivity index (χ0v) is 11.1. The van der Waals surface area contributed by atoms with Gasteiger partial charge in [-0.1, -0.05) is 24.6 Å². The van der Waals surface area contributed by atoms with Crippen LogP contribution in [-0.2, 0) is 6.42 Å². The average Bonchev–Trinajstić information content (AvgIpc) is 2.40. The Hall–Kier alpha value is -1.45. The summed E-state index contributed by atoms with van der Waals surface area (Å²) in [6, 6.07) is 9.94. The summed E-state index contributed by atoms with van der Waals surface area (Å²) in [4.78, 5) is 8.72. The predicted octanol–water partition coefficient (Wildman–Crippen LogP) is 3.02. The topological polar surface area (TPSA) is 37.8 Å². The zero-order valence-electron chi connectivity index (χ0n) is 10.3. The van der Waals surface area contributed by atoms with Gasteiger partial charge in [0.25, 0.3) is 0 Å². The van der Waals surface area contributed by atoms with E-state index in [4.69, 9.17) is 11.6 Å².